The number of halogens is 1. The quantitative estimate of drug-likeness (QED) is 0.347. The zero-order valence-corrected chi connectivity index (χ0v) is 15.6. The molecule has 2 aromatic rings. The number of benzene rings is 1. The Kier molecular flexibility index (Phi) is 7.59. The summed E-state index contributed by atoms with van der Waals surface area (Å²) in [6, 6.07) is 4.06. The standard InChI is InChI=1S/C9H8O4.C8H10FN3O3S/c10-7-3-1-6(5-8(7)11)2-4-9(12)13;9-4-1-12(8(14)11-7(4)10)5-3-16-6(2-13)15-5/h1-5,10-11H,(H,12,13);1,5-6,13H,2-3H2,(H2,10,11,14)/t;5-,6+/m.0/s1. The molecule has 2 atom stereocenters. The van der Waals surface area contributed by atoms with Crippen molar-refractivity contribution in [3.8, 4) is 11.5 Å². The number of carboxylic acids is 1. The largest absolute Gasteiger partial charge is 0.504 e. The van der Waals surface area contributed by atoms with Crippen LogP contribution in [0.4, 0.5) is 10.2 Å². The van der Waals surface area contributed by atoms with Gasteiger partial charge in [0.15, 0.2) is 23.1 Å². The van der Waals surface area contributed by atoms with Gasteiger partial charge in [0.25, 0.3) is 0 Å². The molecule has 2 heterocycles. The number of aliphatic hydroxyl groups excluding tert-OH is 1. The Morgan fingerprint density at radius 3 is 2.72 bits per heavy atom. The maximum atomic E-state index is 13.1. The highest BCUT2D eigenvalue weighted by Gasteiger charge is 2.28. The van der Waals surface area contributed by atoms with Gasteiger partial charge < -0.3 is 30.9 Å². The first-order valence-electron chi connectivity index (χ1n) is 8.06. The van der Waals surface area contributed by atoms with Crippen LogP contribution in [0.3, 0.4) is 0 Å². The van der Waals surface area contributed by atoms with Gasteiger partial charge in [-0.1, -0.05) is 6.07 Å². The number of anilines is 1. The molecule has 1 aromatic carbocycles. The molecule has 1 saturated heterocycles. The molecule has 1 aliphatic heterocycles. The molecule has 6 N–H and O–H groups in total. The highest BCUT2D eigenvalue weighted by molar-refractivity contribution is 8.00. The fourth-order valence-corrected chi connectivity index (χ4v) is 3.09. The van der Waals surface area contributed by atoms with E-state index >= 15 is 0 Å². The van der Waals surface area contributed by atoms with E-state index in [1.54, 1.807) is 0 Å². The van der Waals surface area contributed by atoms with Crippen molar-refractivity contribution in [2.45, 2.75) is 11.7 Å². The summed E-state index contributed by atoms with van der Waals surface area (Å²) in [6.45, 7) is -0.152. The topological polar surface area (TPSA) is 168 Å². The molecular formula is C17H18FN3O7S. The van der Waals surface area contributed by atoms with E-state index in [9.17, 15) is 14.0 Å². The Morgan fingerprint density at radius 2 is 2.14 bits per heavy atom. The number of thioether (sulfide) groups is 1. The normalized spacial score (nSPS) is 18.4. The number of nitrogens with zero attached hydrogens (tertiary/aromatic N) is 2. The van der Waals surface area contributed by atoms with Crippen LogP contribution in [0, 0.1) is 5.82 Å². The summed E-state index contributed by atoms with van der Waals surface area (Å²) in [5, 5.41) is 35.1. The molecule has 12 heteroatoms. The fraction of sp³-hybridized carbons (Fsp3) is 0.235. The minimum atomic E-state index is -1.06. The lowest BCUT2D eigenvalue weighted by atomic mass is 10.2. The minimum Gasteiger partial charge on any atom is -0.504 e. The van der Waals surface area contributed by atoms with Crippen molar-refractivity contribution < 1.29 is 34.3 Å². The third-order valence-corrected chi connectivity index (χ3v) is 4.65. The van der Waals surface area contributed by atoms with E-state index < -0.39 is 35.0 Å². The van der Waals surface area contributed by atoms with Crippen molar-refractivity contribution in [3.63, 3.8) is 0 Å². The number of aromatic nitrogens is 2. The molecule has 0 aliphatic carbocycles. The van der Waals surface area contributed by atoms with Crippen molar-refractivity contribution >= 4 is 29.6 Å². The Hall–Kier alpha value is -3.09. The second-order valence-electron chi connectivity index (χ2n) is 5.62. The van der Waals surface area contributed by atoms with Crippen LogP contribution in [-0.4, -0.2) is 53.7 Å². The highest BCUT2D eigenvalue weighted by atomic mass is 32.2. The average molecular weight is 427 g/mol. The number of aliphatic hydroxyl groups is 1. The van der Waals surface area contributed by atoms with Crippen LogP contribution < -0.4 is 11.4 Å². The molecule has 1 aromatic heterocycles. The summed E-state index contributed by atoms with van der Waals surface area (Å²) in [5.74, 6) is -2.30. The number of aliphatic carboxylic acids is 1. The van der Waals surface area contributed by atoms with E-state index in [1.807, 2.05) is 0 Å². The predicted octanol–water partition coefficient (Wildman–Crippen LogP) is 0.741. The lowest BCUT2D eigenvalue weighted by molar-refractivity contribution is -0.131. The highest BCUT2D eigenvalue weighted by Crippen LogP contribution is 2.30. The average Bonchev–Trinajstić information content (AvgIpc) is 3.15. The molecule has 0 amide bonds. The SMILES string of the molecule is Nc1nc(=O)n([C@@H]2CS[C@H](CO)O2)cc1F.O=C(O)C=Cc1ccc(O)c(O)c1. The van der Waals surface area contributed by atoms with Crippen LogP contribution in [0.2, 0.25) is 0 Å². The number of ether oxygens (including phenoxy) is 1. The third-order valence-electron chi connectivity index (χ3n) is 3.54. The van der Waals surface area contributed by atoms with Gasteiger partial charge in [-0.25, -0.2) is 14.0 Å². The van der Waals surface area contributed by atoms with E-state index in [0.717, 1.165) is 16.8 Å². The molecule has 0 unspecified atom stereocenters. The van der Waals surface area contributed by atoms with Crippen molar-refractivity contribution in [1.82, 2.24) is 9.55 Å². The van der Waals surface area contributed by atoms with Crippen molar-refractivity contribution in [2.24, 2.45) is 0 Å². The van der Waals surface area contributed by atoms with Gasteiger partial charge in [0.2, 0.25) is 0 Å². The lowest BCUT2D eigenvalue weighted by Gasteiger charge is -2.13. The van der Waals surface area contributed by atoms with Gasteiger partial charge in [0.1, 0.15) is 11.7 Å². The van der Waals surface area contributed by atoms with E-state index in [0.29, 0.717) is 11.3 Å². The number of phenolic OH excluding ortho intramolecular Hbond substituents is 2. The van der Waals surface area contributed by atoms with Crippen LogP contribution in [0.25, 0.3) is 6.08 Å². The molecule has 0 bridgehead atoms. The third kappa shape index (κ3) is 6.20. The maximum Gasteiger partial charge on any atom is 0.351 e. The van der Waals surface area contributed by atoms with Gasteiger partial charge in [0, 0.05) is 11.8 Å². The Morgan fingerprint density at radius 1 is 1.41 bits per heavy atom. The number of nitrogen functional groups attached to an aromatic ring is 1. The van der Waals surface area contributed by atoms with Crippen LogP contribution >= 0.6 is 11.8 Å². The summed E-state index contributed by atoms with van der Waals surface area (Å²) in [4.78, 5) is 24.9. The number of rotatable bonds is 4. The molecule has 0 radical (unpaired) electrons. The van der Waals surface area contributed by atoms with Gasteiger partial charge in [-0.05, 0) is 23.8 Å². The van der Waals surface area contributed by atoms with Gasteiger partial charge >= 0.3 is 11.7 Å². The second kappa shape index (κ2) is 9.91. The molecule has 1 fully saturated rings. The summed E-state index contributed by atoms with van der Waals surface area (Å²) < 4.78 is 19.5. The number of phenols is 2. The van der Waals surface area contributed by atoms with E-state index in [4.69, 9.17) is 30.9 Å². The van der Waals surface area contributed by atoms with Gasteiger partial charge in [-0.3, -0.25) is 4.57 Å². The molecule has 0 spiro atoms. The first kappa shape index (κ1) is 22.2. The zero-order chi connectivity index (χ0) is 21.6. The number of aromatic hydroxyl groups is 2. The summed E-state index contributed by atoms with van der Waals surface area (Å²) in [5.41, 5.74) is 4.61. The maximum absolute atomic E-state index is 13.1. The number of carboxylic acid groups (broad SMARTS) is 1. The molecule has 29 heavy (non-hydrogen) atoms. The first-order valence-corrected chi connectivity index (χ1v) is 9.11. The smallest absolute Gasteiger partial charge is 0.351 e. The number of carbonyl (C=O) groups is 1. The Balaban J connectivity index is 0.000000212. The Labute approximate surface area is 167 Å². The molecule has 156 valence electrons. The molecule has 10 nitrogen and oxygen atoms in total. The Bertz CT molecular complexity index is 967. The van der Waals surface area contributed by atoms with Gasteiger partial charge in [-0.2, -0.15) is 4.98 Å². The summed E-state index contributed by atoms with van der Waals surface area (Å²) in [6.07, 6.45) is 2.63. The number of hydrogen-bond acceptors (Lipinski definition) is 9. The van der Waals surface area contributed by atoms with Gasteiger partial charge in [-0.15, -0.1) is 11.8 Å². The molecule has 0 saturated carbocycles. The fourth-order valence-electron chi connectivity index (χ4n) is 2.16. The zero-order valence-electron chi connectivity index (χ0n) is 14.8. The number of nitrogens with two attached hydrogens (primary N) is 1. The van der Waals surface area contributed by atoms with Crippen LogP contribution in [-0.2, 0) is 9.53 Å². The van der Waals surface area contributed by atoms with Crippen LogP contribution in [0.5, 0.6) is 11.5 Å². The lowest BCUT2D eigenvalue weighted by Crippen LogP contribution is -2.29. The first-order chi connectivity index (χ1) is 13.7. The minimum absolute atomic E-state index is 0.152. The van der Waals surface area contributed by atoms with Crippen LogP contribution in [0.15, 0.2) is 35.3 Å². The molecule has 1 aliphatic rings. The van der Waals surface area contributed by atoms with Crippen molar-refractivity contribution in [2.75, 3.05) is 18.1 Å². The van der Waals surface area contributed by atoms with E-state index in [-0.39, 0.29) is 18.1 Å². The summed E-state index contributed by atoms with van der Waals surface area (Å²) >= 11 is 1.35. The predicted molar refractivity (Wildman–Crippen MR) is 103 cm³/mol. The van der Waals surface area contributed by atoms with Crippen molar-refractivity contribution in [3.05, 3.63) is 52.3 Å². The van der Waals surface area contributed by atoms with E-state index in [1.165, 1.54) is 36.0 Å². The second-order valence-corrected chi connectivity index (χ2v) is 6.81. The molecule has 3 rings (SSSR count). The monoisotopic (exact) mass is 427 g/mol. The summed E-state index contributed by atoms with van der Waals surface area (Å²) in [7, 11) is 0. The van der Waals surface area contributed by atoms with Crippen molar-refractivity contribution in [1.29, 1.82) is 0 Å². The van der Waals surface area contributed by atoms with E-state index in [2.05, 4.69) is 4.98 Å². The number of hydrogen-bond donors (Lipinski definition) is 5. The van der Waals surface area contributed by atoms with Crippen LogP contribution in [0.1, 0.15) is 11.8 Å². The molecular weight excluding hydrogens is 409 g/mol. The van der Waals surface area contributed by atoms with Gasteiger partial charge in [0.05, 0.1) is 12.8 Å².